The molecule has 0 saturated carbocycles. The number of hydrogen-bond acceptors (Lipinski definition) is 4. The lowest BCUT2D eigenvalue weighted by molar-refractivity contribution is 0.0615. The van der Waals surface area contributed by atoms with Gasteiger partial charge in [-0.2, -0.15) is 5.26 Å². The van der Waals surface area contributed by atoms with Crippen molar-refractivity contribution in [2.75, 3.05) is 25.6 Å². The molecule has 0 aromatic heterocycles. The van der Waals surface area contributed by atoms with Gasteiger partial charge in [0, 0.05) is 23.8 Å². The van der Waals surface area contributed by atoms with Crippen LogP contribution in [0.4, 0.5) is 5.69 Å². The molecule has 17 heavy (non-hydrogen) atoms. The van der Waals surface area contributed by atoms with Crippen LogP contribution in [-0.4, -0.2) is 31.5 Å². The molecule has 0 radical (unpaired) electrons. The molecule has 92 valence electrons. The van der Waals surface area contributed by atoms with Crippen molar-refractivity contribution in [3.8, 4) is 6.07 Å². The first kappa shape index (κ1) is 14.0. The highest BCUT2D eigenvalue weighted by molar-refractivity contribution is 9.10. The molecule has 2 N–H and O–H groups in total. The average Bonchev–Trinajstić information content (AvgIpc) is 2.31. The van der Waals surface area contributed by atoms with Crippen LogP contribution in [0.25, 0.3) is 0 Å². The number of aliphatic hydroxyl groups excluding tert-OH is 1. The first-order valence-electron chi connectivity index (χ1n) is 5.28. The lowest BCUT2D eigenvalue weighted by atomic mass is 10.2. The van der Waals surface area contributed by atoms with Gasteiger partial charge in [-0.25, -0.2) is 0 Å². The Balaban J connectivity index is 2.45. The fraction of sp³-hybridized carbons (Fsp3) is 0.417. The summed E-state index contributed by atoms with van der Waals surface area (Å²) in [6, 6.07) is 7.42. The Hall–Kier alpha value is -1.09. The SMILES string of the molecule is COCC(O)CCNc1ccc(C#N)cc1Br. The zero-order chi connectivity index (χ0) is 12.7. The standard InChI is InChI=1S/C12H15BrN2O2/c1-17-8-10(16)4-5-15-12-3-2-9(7-14)6-11(12)13/h2-3,6,10,15-16H,4-5,8H2,1H3. The molecule has 1 rings (SSSR count). The van der Waals surface area contributed by atoms with E-state index in [1.54, 1.807) is 19.2 Å². The number of halogens is 1. The molecular weight excluding hydrogens is 284 g/mol. The number of anilines is 1. The summed E-state index contributed by atoms with van der Waals surface area (Å²) in [4.78, 5) is 0. The fourth-order valence-corrected chi connectivity index (χ4v) is 1.90. The molecule has 0 heterocycles. The van der Waals surface area contributed by atoms with Gasteiger partial charge < -0.3 is 15.2 Å². The summed E-state index contributed by atoms with van der Waals surface area (Å²) >= 11 is 3.39. The van der Waals surface area contributed by atoms with Crippen LogP contribution in [0.15, 0.2) is 22.7 Å². The number of rotatable bonds is 6. The van der Waals surface area contributed by atoms with E-state index in [2.05, 4.69) is 27.3 Å². The van der Waals surface area contributed by atoms with Crippen molar-refractivity contribution in [3.63, 3.8) is 0 Å². The summed E-state index contributed by atoms with van der Waals surface area (Å²) in [5.74, 6) is 0. The Morgan fingerprint density at radius 1 is 1.59 bits per heavy atom. The lowest BCUT2D eigenvalue weighted by Gasteiger charge is -2.12. The highest BCUT2D eigenvalue weighted by Crippen LogP contribution is 2.23. The van der Waals surface area contributed by atoms with E-state index < -0.39 is 6.10 Å². The molecule has 0 amide bonds. The predicted molar refractivity (Wildman–Crippen MR) is 69.8 cm³/mol. The van der Waals surface area contributed by atoms with Crippen LogP contribution in [0.3, 0.4) is 0 Å². The van der Waals surface area contributed by atoms with Crippen LogP contribution >= 0.6 is 15.9 Å². The van der Waals surface area contributed by atoms with Gasteiger partial charge >= 0.3 is 0 Å². The summed E-state index contributed by atoms with van der Waals surface area (Å²) in [7, 11) is 1.56. The average molecular weight is 299 g/mol. The molecule has 0 aliphatic heterocycles. The van der Waals surface area contributed by atoms with Crippen molar-refractivity contribution in [3.05, 3.63) is 28.2 Å². The van der Waals surface area contributed by atoms with Crippen molar-refractivity contribution >= 4 is 21.6 Å². The Kier molecular flexibility index (Phi) is 5.98. The summed E-state index contributed by atoms with van der Waals surface area (Å²) in [6.07, 6.45) is 0.157. The molecule has 0 aliphatic rings. The molecule has 4 nitrogen and oxygen atoms in total. The third kappa shape index (κ3) is 4.73. The van der Waals surface area contributed by atoms with Crippen LogP contribution in [-0.2, 0) is 4.74 Å². The first-order chi connectivity index (χ1) is 8.17. The number of nitrogens with zero attached hydrogens (tertiary/aromatic N) is 1. The molecule has 1 atom stereocenters. The molecule has 0 spiro atoms. The highest BCUT2D eigenvalue weighted by atomic mass is 79.9. The predicted octanol–water partition coefficient (Wildman–Crippen LogP) is 2.13. The summed E-state index contributed by atoms with van der Waals surface area (Å²) in [5.41, 5.74) is 1.52. The van der Waals surface area contributed by atoms with Gasteiger partial charge in [0.05, 0.1) is 24.3 Å². The second-order valence-corrected chi connectivity index (χ2v) is 4.49. The number of benzene rings is 1. The van der Waals surface area contributed by atoms with E-state index in [-0.39, 0.29) is 0 Å². The van der Waals surface area contributed by atoms with Gasteiger partial charge in [0.2, 0.25) is 0 Å². The van der Waals surface area contributed by atoms with Gasteiger partial charge in [0.15, 0.2) is 0 Å². The number of hydrogen-bond donors (Lipinski definition) is 2. The molecule has 0 bridgehead atoms. The quantitative estimate of drug-likeness (QED) is 0.844. The largest absolute Gasteiger partial charge is 0.391 e. The number of ether oxygens (including phenoxy) is 1. The van der Waals surface area contributed by atoms with Crippen LogP contribution < -0.4 is 5.32 Å². The maximum atomic E-state index is 9.46. The van der Waals surface area contributed by atoms with Gasteiger partial charge in [-0.05, 0) is 40.5 Å². The maximum absolute atomic E-state index is 9.46. The smallest absolute Gasteiger partial charge is 0.0992 e. The van der Waals surface area contributed by atoms with E-state index in [0.717, 1.165) is 10.2 Å². The minimum atomic E-state index is -0.454. The second kappa shape index (κ2) is 7.28. The third-order valence-electron chi connectivity index (χ3n) is 2.25. The van der Waals surface area contributed by atoms with E-state index >= 15 is 0 Å². The third-order valence-corrected chi connectivity index (χ3v) is 2.91. The molecule has 0 saturated heterocycles. The van der Waals surface area contributed by atoms with E-state index in [1.165, 1.54) is 0 Å². The van der Waals surface area contributed by atoms with Crippen molar-refractivity contribution in [2.24, 2.45) is 0 Å². The lowest BCUT2D eigenvalue weighted by Crippen LogP contribution is -2.18. The number of nitriles is 1. The molecule has 1 aromatic rings. The number of methoxy groups -OCH3 is 1. The normalized spacial score (nSPS) is 11.9. The van der Waals surface area contributed by atoms with Crippen molar-refractivity contribution in [1.82, 2.24) is 0 Å². The van der Waals surface area contributed by atoms with Gasteiger partial charge in [-0.3, -0.25) is 0 Å². The zero-order valence-corrected chi connectivity index (χ0v) is 11.2. The minimum absolute atomic E-state index is 0.343. The van der Waals surface area contributed by atoms with Crippen molar-refractivity contribution in [2.45, 2.75) is 12.5 Å². The molecule has 1 unspecified atom stereocenters. The second-order valence-electron chi connectivity index (χ2n) is 3.63. The van der Waals surface area contributed by atoms with Crippen LogP contribution in [0.2, 0.25) is 0 Å². The van der Waals surface area contributed by atoms with Gasteiger partial charge in [-0.15, -0.1) is 0 Å². The van der Waals surface area contributed by atoms with Gasteiger partial charge in [-0.1, -0.05) is 0 Å². The molecular formula is C12H15BrN2O2. The minimum Gasteiger partial charge on any atom is -0.391 e. The van der Waals surface area contributed by atoms with Crippen LogP contribution in [0.5, 0.6) is 0 Å². The monoisotopic (exact) mass is 298 g/mol. The fourth-order valence-electron chi connectivity index (χ4n) is 1.38. The van der Waals surface area contributed by atoms with E-state index in [1.807, 2.05) is 6.07 Å². The summed E-state index contributed by atoms with van der Waals surface area (Å²) in [6.45, 7) is 0.991. The van der Waals surface area contributed by atoms with Crippen molar-refractivity contribution in [1.29, 1.82) is 5.26 Å². The Morgan fingerprint density at radius 2 is 2.35 bits per heavy atom. The molecule has 0 fully saturated rings. The van der Waals surface area contributed by atoms with E-state index in [9.17, 15) is 5.11 Å². The topological polar surface area (TPSA) is 65.3 Å². The number of aliphatic hydroxyl groups is 1. The number of nitrogens with one attached hydrogen (secondary N) is 1. The zero-order valence-electron chi connectivity index (χ0n) is 9.61. The molecule has 5 heteroatoms. The van der Waals surface area contributed by atoms with Crippen LogP contribution in [0, 0.1) is 11.3 Å². The summed E-state index contributed by atoms with van der Waals surface area (Å²) in [5, 5.41) is 21.4. The van der Waals surface area contributed by atoms with Gasteiger partial charge in [0.25, 0.3) is 0 Å². The Bertz CT molecular complexity index is 404. The van der Waals surface area contributed by atoms with Crippen LogP contribution in [0.1, 0.15) is 12.0 Å². The first-order valence-corrected chi connectivity index (χ1v) is 6.07. The molecule has 1 aromatic carbocycles. The highest BCUT2D eigenvalue weighted by Gasteiger charge is 2.04. The maximum Gasteiger partial charge on any atom is 0.0992 e. The van der Waals surface area contributed by atoms with Crippen molar-refractivity contribution < 1.29 is 9.84 Å². The molecule has 0 aliphatic carbocycles. The Morgan fingerprint density at radius 3 is 2.94 bits per heavy atom. The van der Waals surface area contributed by atoms with Gasteiger partial charge in [0.1, 0.15) is 0 Å². The van der Waals surface area contributed by atoms with E-state index in [0.29, 0.717) is 25.1 Å². The Labute approximate surface area is 109 Å². The van der Waals surface area contributed by atoms with E-state index in [4.69, 9.17) is 10.00 Å². The summed E-state index contributed by atoms with van der Waals surface area (Å²) < 4.78 is 5.68.